The van der Waals surface area contributed by atoms with Crippen LogP contribution in [0.3, 0.4) is 0 Å². The van der Waals surface area contributed by atoms with E-state index in [0.717, 1.165) is 12.2 Å². The van der Waals surface area contributed by atoms with E-state index in [4.69, 9.17) is 5.26 Å². The van der Waals surface area contributed by atoms with Gasteiger partial charge in [-0.2, -0.15) is 5.26 Å². The van der Waals surface area contributed by atoms with Crippen molar-refractivity contribution in [2.24, 2.45) is 0 Å². The Hall–Kier alpha value is -2.27. The molecule has 2 aromatic rings. The van der Waals surface area contributed by atoms with Gasteiger partial charge in [-0.25, -0.2) is 0 Å². The van der Waals surface area contributed by atoms with Gasteiger partial charge in [0.1, 0.15) is 0 Å². The molecule has 2 aromatic carbocycles. The molecule has 0 atom stereocenters. The van der Waals surface area contributed by atoms with Gasteiger partial charge in [-0.05, 0) is 40.8 Å². The Bertz CT molecular complexity index is 596. The van der Waals surface area contributed by atoms with Crippen molar-refractivity contribution in [1.29, 1.82) is 5.26 Å². The van der Waals surface area contributed by atoms with Crippen molar-refractivity contribution in [3.63, 3.8) is 0 Å². The highest BCUT2D eigenvalue weighted by Gasteiger charge is 2.12. The second kappa shape index (κ2) is 5.79. The maximum absolute atomic E-state index is 8.76. The zero-order valence-corrected chi connectivity index (χ0v) is 12.3. The van der Waals surface area contributed by atoms with Gasteiger partial charge in [0.15, 0.2) is 0 Å². The van der Waals surface area contributed by atoms with Gasteiger partial charge >= 0.3 is 0 Å². The van der Waals surface area contributed by atoms with Crippen LogP contribution in [-0.4, -0.2) is 0 Å². The summed E-state index contributed by atoms with van der Waals surface area (Å²) in [6, 6.07) is 18.4. The monoisotopic (exact) mass is 264 g/mol. The van der Waals surface area contributed by atoms with Crippen molar-refractivity contribution in [2.45, 2.75) is 32.7 Å². The van der Waals surface area contributed by atoms with Gasteiger partial charge in [-0.1, -0.05) is 45.0 Å². The minimum atomic E-state index is 0.186. The molecule has 0 fully saturated rings. The minimum Gasteiger partial charge on any atom is -0.381 e. The molecule has 0 aliphatic heterocycles. The number of nitriles is 1. The molecule has 0 radical (unpaired) electrons. The average Bonchev–Trinajstić information content (AvgIpc) is 2.45. The number of benzene rings is 2. The van der Waals surface area contributed by atoms with Crippen LogP contribution in [0.1, 0.15) is 37.5 Å². The number of nitrogens with one attached hydrogen (secondary N) is 1. The molecule has 1 N–H and O–H groups in total. The number of rotatable bonds is 3. The second-order valence-corrected chi connectivity index (χ2v) is 5.99. The molecule has 102 valence electrons. The van der Waals surface area contributed by atoms with E-state index in [0.29, 0.717) is 5.56 Å². The van der Waals surface area contributed by atoms with Crippen LogP contribution in [0.5, 0.6) is 0 Å². The highest BCUT2D eigenvalue weighted by Crippen LogP contribution is 2.23. The topological polar surface area (TPSA) is 35.8 Å². The molecule has 2 rings (SSSR count). The predicted molar refractivity (Wildman–Crippen MR) is 83.6 cm³/mol. The van der Waals surface area contributed by atoms with Gasteiger partial charge in [-0.3, -0.25) is 0 Å². The third kappa shape index (κ3) is 3.61. The van der Waals surface area contributed by atoms with E-state index in [1.165, 1.54) is 11.1 Å². The smallest absolute Gasteiger partial charge is 0.0991 e. The average molecular weight is 264 g/mol. The standard InChI is InChI=1S/C18H20N2/c1-18(2,3)16-8-10-17(11-9-16)20-13-15-6-4-14(12-19)5-7-15/h4-11,20H,13H2,1-3H3. The van der Waals surface area contributed by atoms with E-state index in [2.05, 4.69) is 56.4 Å². The minimum absolute atomic E-state index is 0.186. The highest BCUT2D eigenvalue weighted by molar-refractivity contribution is 5.46. The van der Waals surface area contributed by atoms with Crippen molar-refractivity contribution in [3.05, 3.63) is 65.2 Å². The summed E-state index contributed by atoms with van der Waals surface area (Å²) in [4.78, 5) is 0. The molecular weight excluding hydrogens is 244 g/mol. The van der Waals surface area contributed by atoms with Gasteiger partial charge in [0.05, 0.1) is 11.6 Å². The van der Waals surface area contributed by atoms with Gasteiger partial charge in [-0.15, -0.1) is 0 Å². The molecule has 0 spiro atoms. The second-order valence-electron chi connectivity index (χ2n) is 5.99. The number of nitrogens with zero attached hydrogens (tertiary/aromatic N) is 1. The van der Waals surface area contributed by atoms with Gasteiger partial charge < -0.3 is 5.32 Å². The molecular formula is C18H20N2. The maximum Gasteiger partial charge on any atom is 0.0991 e. The molecule has 2 nitrogen and oxygen atoms in total. The molecule has 0 aliphatic rings. The summed E-state index contributed by atoms with van der Waals surface area (Å²) in [5.74, 6) is 0. The van der Waals surface area contributed by atoms with Crippen LogP contribution in [-0.2, 0) is 12.0 Å². The maximum atomic E-state index is 8.76. The first-order valence-electron chi connectivity index (χ1n) is 6.82. The van der Waals surface area contributed by atoms with Gasteiger partial charge in [0.2, 0.25) is 0 Å². The lowest BCUT2D eigenvalue weighted by Gasteiger charge is -2.19. The van der Waals surface area contributed by atoms with Crippen molar-refractivity contribution in [1.82, 2.24) is 0 Å². The summed E-state index contributed by atoms with van der Waals surface area (Å²) in [5.41, 5.74) is 4.50. The predicted octanol–water partition coefficient (Wildman–Crippen LogP) is 4.47. The fourth-order valence-corrected chi connectivity index (χ4v) is 1.99. The molecule has 0 saturated carbocycles. The first-order chi connectivity index (χ1) is 9.49. The third-order valence-electron chi connectivity index (χ3n) is 3.33. The first kappa shape index (κ1) is 14.1. The first-order valence-corrected chi connectivity index (χ1v) is 6.82. The summed E-state index contributed by atoms with van der Waals surface area (Å²) in [7, 11) is 0. The molecule has 0 saturated heterocycles. The largest absolute Gasteiger partial charge is 0.381 e. The molecule has 0 aliphatic carbocycles. The fourth-order valence-electron chi connectivity index (χ4n) is 1.99. The van der Waals surface area contributed by atoms with E-state index >= 15 is 0 Å². The van der Waals surface area contributed by atoms with E-state index in [1.807, 2.05) is 24.3 Å². The van der Waals surface area contributed by atoms with Crippen LogP contribution in [0.15, 0.2) is 48.5 Å². The third-order valence-corrected chi connectivity index (χ3v) is 3.33. The Balaban J connectivity index is 1.98. The van der Waals surface area contributed by atoms with E-state index in [1.54, 1.807) is 0 Å². The lowest BCUT2D eigenvalue weighted by Crippen LogP contribution is -2.10. The zero-order chi connectivity index (χ0) is 14.6. The molecule has 0 unspecified atom stereocenters. The Morgan fingerprint density at radius 2 is 1.55 bits per heavy atom. The molecule has 0 heterocycles. The van der Waals surface area contributed by atoms with Gasteiger partial charge in [0, 0.05) is 12.2 Å². The molecule has 0 amide bonds. The van der Waals surface area contributed by atoms with Crippen molar-refractivity contribution in [2.75, 3.05) is 5.32 Å². The lowest BCUT2D eigenvalue weighted by molar-refractivity contribution is 0.590. The fraction of sp³-hybridized carbons (Fsp3) is 0.278. The summed E-state index contributed by atoms with van der Waals surface area (Å²) in [6.07, 6.45) is 0. The van der Waals surface area contributed by atoms with Crippen molar-refractivity contribution < 1.29 is 0 Å². The van der Waals surface area contributed by atoms with Crippen LogP contribution >= 0.6 is 0 Å². The molecule has 0 aromatic heterocycles. The summed E-state index contributed by atoms with van der Waals surface area (Å²) in [5, 5.41) is 12.2. The summed E-state index contributed by atoms with van der Waals surface area (Å²) < 4.78 is 0. The summed E-state index contributed by atoms with van der Waals surface area (Å²) >= 11 is 0. The highest BCUT2D eigenvalue weighted by atomic mass is 14.9. The SMILES string of the molecule is CC(C)(C)c1ccc(NCc2ccc(C#N)cc2)cc1. The number of hydrogen-bond acceptors (Lipinski definition) is 2. The van der Waals surface area contributed by atoms with Gasteiger partial charge in [0.25, 0.3) is 0 Å². The zero-order valence-electron chi connectivity index (χ0n) is 12.3. The van der Waals surface area contributed by atoms with E-state index in [9.17, 15) is 0 Å². The van der Waals surface area contributed by atoms with Crippen LogP contribution in [0.2, 0.25) is 0 Å². The Labute approximate surface area is 121 Å². The van der Waals surface area contributed by atoms with Crippen LogP contribution in [0.25, 0.3) is 0 Å². The Morgan fingerprint density at radius 3 is 2.05 bits per heavy atom. The molecule has 0 bridgehead atoms. The van der Waals surface area contributed by atoms with Crippen molar-refractivity contribution >= 4 is 5.69 Å². The molecule has 2 heteroatoms. The Kier molecular flexibility index (Phi) is 4.10. The lowest BCUT2D eigenvalue weighted by atomic mass is 9.87. The normalized spacial score (nSPS) is 10.9. The Morgan fingerprint density at radius 1 is 0.950 bits per heavy atom. The number of anilines is 1. The van der Waals surface area contributed by atoms with Crippen molar-refractivity contribution in [3.8, 4) is 6.07 Å². The number of hydrogen-bond donors (Lipinski definition) is 1. The summed E-state index contributed by atoms with van der Waals surface area (Å²) in [6.45, 7) is 7.41. The van der Waals surface area contributed by atoms with E-state index in [-0.39, 0.29) is 5.41 Å². The molecule has 20 heavy (non-hydrogen) atoms. The van der Waals surface area contributed by atoms with E-state index < -0.39 is 0 Å². The van der Waals surface area contributed by atoms with Crippen LogP contribution in [0, 0.1) is 11.3 Å². The van der Waals surface area contributed by atoms with Crippen LogP contribution in [0.4, 0.5) is 5.69 Å². The van der Waals surface area contributed by atoms with Crippen LogP contribution < -0.4 is 5.32 Å². The quantitative estimate of drug-likeness (QED) is 0.888.